The largest absolute Gasteiger partial charge is 0.448 e. The van der Waals surface area contributed by atoms with Crippen molar-refractivity contribution in [2.75, 3.05) is 26.2 Å². The quantitative estimate of drug-likeness (QED) is 0.891. The van der Waals surface area contributed by atoms with Crippen molar-refractivity contribution in [1.82, 2.24) is 10.2 Å². The van der Waals surface area contributed by atoms with E-state index in [1.54, 1.807) is 4.90 Å². The molecule has 16 heavy (non-hydrogen) atoms. The van der Waals surface area contributed by atoms with Crippen molar-refractivity contribution in [1.29, 1.82) is 0 Å². The van der Waals surface area contributed by atoms with Crippen molar-refractivity contribution in [2.24, 2.45) is 0 Å². The molecule has 90 valence electrons. The second-order valence-electron chi connectivity index (χ2n) is 3.71. The standard InChI is InChI=1S/C10H13ClF2N2O/c11-8-2-1-7(16-8)9(10(12)13)15-5-3-14-4-6-15/h1-2,9-10,14H,3-6H2/t9-/m0/s1. The maximum Gasteiger partial charge on any atom is 0.261 e. The lowest BCUT2D eigenvalue weighted by atomic mass is 10.1. The van der Waals surface area contributed by atoms with Crippen molar-refractivity contribution in [3.8, 4) is 0 Å². The molecule has 0 aliphatic carbocycles. The van der Waals surface area contributed by atoms with E-state index in [1.807, 2.05) is 0 Å². The molecule has 1 aromatic heterocycles. The Morgan fingerprint density at radius 2 is 2.00 bits per heavy atom. The Balaban J connectivity index is 2.16. The minimum atomic E-state index is -2.47. The fraction of sp³-hybridized carbons (Fsp3) is 0.600. The number of alkyl halides is 2. The van der Waals surface area contributed by atoms with Crippen LogP contribution in [0.5, 0.6) is 0 Å². The molecule has 3 nitrogen and oxygen atoms in total. The molecular formula is C10H13ClF2N2O. The third-order valence-corrected chi connectivity index (χ3v) is 2.87. The lowest BCUT2D eigenvalue weighted by Gasteiger charge is -2.33. The normalized spacial score (nSPS) is 20.2. The zero-order chi connectivity index (χ0) is 11.5. The fourth-order valence-corrected chi connectivity index (χ4v) is 2.06. The molecule has 1 aliphatic heterocycles. The van der Waals surface area contributed by atoms with Gasteiger partial charge in [0, 0.05) is 26.2 Å². The molecule has 1 atom stereocenters. The minimum absolute atomic E-state index is 0.149. The molecule has 2 heterocycles. The van der Waals surface area contributed by atoms with E-state index in [-0.39, 0.29) is 11.0 Å². The lowest BCUT2D eigenvalue weighted by Crippen LogP contribution is -2.46. The molecule has 0 radical (unpaired) electrons. The van der Waals surface area contributed by atoms with E-state index < -0.39 is 12.5 Å². The number of nitrogens with zero attached hydrogens (tertiary/aromatic N) is 1. The molecule has 0 unspecified atom stereocenters. The summed E-state index contributed by atoms with van der Waals surface area (Å²) in [7, 11) is 0. The first-order chi connectivity index (χ1) is 7.68. The Morgan fingerprint density at radius 3 is 2.50 bits per heavy atom. The van der Waals surface area contributed by atoms with E-state index in [0.717, 1.165) is 13.1 Å². The lowest BCUT2D eigenvalue weighted by molar-refractivity contribution is 0.00756. The molecule has 6 heteroatoms. The number of halogens is 3. The van der Waals surface area contributed by atoms with Crippen molar-refractivity contribution < 1.29 is 13.2 Å². The van der Waals surface area contributed by atoms with Crippen molar-refractivity contribution in [3.63, 3.8) is 0 Å². The van der Waals surface area contributed by atoms with Crippen LogP contribution in [0.2, 0.25) is 5.22 Å². The summed E-state index contributed by atoms with van der Waals surface area (Å²) >= 11 is 5.61. The smallest absolute Gasteiger partial charge is 0.261 e. The van der Waals surface area contributed by atoms with Gasteiger partial charge in [-0.15, -0.1) is 0 Å². The predicted molar refractivity (Wildman–Crippen MR) is 56.9 cm³/mol. The number of rotatable bonds is 3. The Bertz CT molecular complexity index is 339. The van der Waals surface area contributed by atoms with Gasteiger partial charge < -0.3 is 9.73 Å². The molecule has 0 saturated carbocycles. The molecule has 1 aliphatic rings. The number of nitrogens with one attached hydrogen (secondary N) is 1. The summed E-state index contributed by atoms with van der Waals surface area (Å²) < 4.78 is 31.1. The highest BCUT2D eigenvalue weighted by Gasteiger charge is 2.32. The Hall–Kier alpha value is -0.650. The van der Waals surface area contributed by atoms with Gasteiger partial charge in [0.25, 0.3) is 6.43 Å². The van der Waals surface area contributed by atoms with Gasteiger partial charge in [-0.1, -0.05) is 0 Å². The first-order valence-corrected chi connectivity index (χ1v) is 5.54. The predicted octanol–water partition coefficient (Wildman–Crippen LogP) is 2.14. The van der Waals surface area contributed by atoms with Crippen molar-refractivity contribution >= 4 is 11.6 Å². The highest BCUT2D eigenvalue weighted by molar-refractivity contribution is 6.28. The van der Waals surface area contributed by atoms with E-state index in [9.17, 15) is 8.78 Å². The van der Waals surface area contributed by atoms with Gasteiger partial charge in [-0.25, -0.2) is 8.78 Å². The summed E-state index contributed by atoms with van der Waals surface area (Å²) in [4.78, 5) is 1.72. The second-order valence-corrected chi connectivity index (χ2v) is 4.08. The molecule has 1 aromatic rings. The Kier molecular flexibility index (Phi) is 3.78. The van der Waals surface area contributed by atoms with Crippen LogP contribution in [0, 0.1) is 0 Å². The minimum Gasteiger partial charge on any atom is -0.448 e. The van der Waals surface area contributed by atoms with Gasteiger partial charge in [-0.2, -0.15) is 0 Å². The zero-order valence-electron chi connectivity index (χ0n) is 8.63. The van der Waals surface area contributed by atoms with Gasteiger partial charge in [0.2, 0.25) is 0 Å². The van der Waals surface area contributed by atoms with Crippen LogP contribution >= 0.6 is 11.6 Å². The third kappa shape index (κ3) is 2.53. The Morgan fingerprint density at radius 1 is 1.31 bits per heavy atom. The van der Waals surface area contributed by atoms with Gasteiger partial charge in [-0.3, -0.25) is 4.90 Å². The molecule has 1 fully saturated rings. The molecule has 1 saturated heterocycles. The highest BCUT2D eigenvalue weighted by atomic mass is 35.5. The van der Waals surface area contributed by atoms with Crippen LogP contribution in [-0.4, -0.2) is 37.5 Å². The van der Waals surface area contributed by atoms with Gasteiger partial charge >= 0.3 is 0 Å². The van der Waals surface area contributed by atoms with Crippen LogP contribution in [0.4, 0.5) is 8.78 Å². The van der Waals surface area contributed by atoms with Crippen LogP contribution < -0.4 is 5.32 Å². The number of piperazine rings is 1. The maximum atomic E-state index is 13.0. The van der Waals surface area contributed by atoms with E-state index in [0.29, 0.717) is 13.1 Å². The molecular weight excluding hydrogens is 238 g/mol. The monoisotopic (exact) mass is 250 g/mol. The average Bonchev–Trinajstić information content (AvgIpc) is 2.66. The number of furan rings is 1. The van der Waals surface area contributed by atoms with Crippen LogP contribution in [0.25, 0.3) is 0 Å². The van der Waals surface area contributed by atoms with E-state index in [2.05, 4.69) is 5.32 Å². The zero-order valence-corrected chi connectivity index (χ0v) is 9.38. The van der Waals surface area contributed by atoms with Crippen LogP contribution in [0.1, 0.15) is 11.8 Å². The Labute approximate surface area is 97.4 Å². The average molecular weight is 251 g/mol. The van der Waals surface area contributed by atoms with Gasteiger partial charge in [0.15, 0.2) is 5.22 Å². The fourth-order valence-electron chi connectivity index (χ4n) is 1.91. The van der Waals surface area contributed by atoms with Crippen molar-refractivity contribution in [2.45, 2.75) is 12.5 Å². The summed E-state index contributed by atoms with van der Waals surface area (Å²) in [6.07, 6.45) is -2.47. The summed E-state index contributed by atoms with van der Waals surface area (Å²) in [6, 6.07) is 2.02. The number of hydrogen-bond acceptors (Lipinski definition) is 3. The summed E-state index contributed by atoms with van der Waals surface area (Å²) in [5.74, 6) is 0.238. The van der Waals surface area contributed by atoms with E-state index in [1.165, 1.54) is 12.1 Å². The molecule has 0 spiro atoms. The molecule has 1 N–H and O–H groups in total. The first-order valence-electron chi connectivity index (χ1n) is 5.16. The highest BCUT2D eigenvalue weighted by Crippen LogP contribution is 2.30. The topological polar surface area (TPSA) is 28.4 Å². The van der Waals surface area contributed by atoms with Gasteiger partial charge in [0.05, 0.1) is 0 Å². The third-order valence-electron chi connectivity index (χ3n) is 2.67. The van der Waals surface area contributed by atoms with Gasteiger partial charge in [-0.05, 0) is 23.7 Å². The maximum absolute atomic E-state index is 13.0. The molecule has 0 aromatic carbocycles. The van der Waals surface area contributed by atoms with E-state index in [4.69, 9.17) is 16.0 Å². The summed E-state index contributed by atoms with van der Waals surface area (Å²) in [6.45, 7) is 2.62. The van der Waals surface area contributed by atoms with Crippen LogP contribution in [-0.2, 0) is 0 Å². The van der Waals surface area contributed by atoms with Crippen LogP contribution in [0.15, 0.2) is 16.5 Å². The van der Waals surface area contributed by atoms with E-state index >= 15 is 0 Å². The summed E-state index contributed by atoms with van der Waals surface area (Å²) in [5.41, 5.74) is 0. The number of hydrogen-bond donors (Lipinski definition) is 1. The van der Waals surface area contributed by atoms with Gasteiger partial charge in [0.1, 0.15) is 11.8 Å². The van der Waals surface area contributed by atoms with Crippen molar-refractivity contribution in [3.05, 3.63) is 23.1 Å². The molecule has 0 amide bonds. The summed E-state index contributed by atoms with van der Waals surface area (Å²) in [5, 5.41) is 3.27. The molecule has 2 rings (SSSR count). The van der Waals surface area contributed by atoms with Crippen LogP contribution in [0.3, 0.4) is 0 Å². The second kappa shape index (κ2) is 5.12. The molecule has 0 bridgehead atoms. The first kappa shape index (κ1) is 11.8. The SMILES string of the molecule is FC(F)[C@H](c1ccc(Cl)o1)N1CCNCC1.